The van der Waals surface area contributed by atoms with Crippen molar-refractivity contribution in [2.24, 2.45) is 0 Å². The van der Waals surface area contributed by atoms with E-state index in [1.54, 1.807) is 0 Å². The van der Waals surface area contributed by atoms with Gasteiger partial charge in [0.2, 0.25) is 5.88 Å². The number of aromatic nitrogens is 2. The van der Waals surface area contributed by atoms with Gasteiger partial charge in [-0.3, -0.25) is 0 Å². The molecule has 1 aliphatic carbocycles. The fraction of sp³-hybridized carbons (Fsp3) is 0.667. The number of hydrogen-bond donors (Lipinski definition) is 1. The Morgan fingerprint density at radius 3 is 2.81 bits per heavy atom. The zero-order chi connectivity index (χ0) is 11.5. The molecule has 2 rings (SSSR count). The molecule has 1 aromatic rings. The van der Waals surface area contributed by atoms with E-state index in [-0.39, 0.29) is 6.10 Å². The van der Waals surface area contributed by atoms with Gasteiger partial charge in [0.1, 0.15) is 11.6 Å². The molecule has 1 unspecified atom stereocenters. The highest BCUT2D eigenvalue weighted by Crippen LogP contribution is 2.39. The molecule has 4 nitrogen and oxygen atoms in total. The van der Waals surface area contributed by atoms with Crippen LogP contribution in [-0.2, 0) is 0 Å². The predicted molar refractivity (Wildman–Crippen MR) is 63.9 cm³/mol. The lowest BCUT2D eigenvalue weighted by Gasteiger charge is -2.13. The lowest BCUT2D eigenvalue weighted by molar-refractivity contribution is 0.208. The standard InChI is InChI=1S/C12H19N3O/c1-4-8(2)16-11-7-10(13-3)14-12(15-11)9-5-6-9/h7-9H,4-6H2,1-3H3,(H,13,14,15). The third kappa shape index (κ3) is 2.62. The quantitative estimate of drug-likeness (QED) is 0.830. The summed E-state index contributed by atoms with van der Waals surface area (Å²) in [5, 5.41) is 3.05. The van der Waals surface area contributed by atoms with E-state index in [9.17, 15) is 0 Å². The molecule has 1 atom stereocenters. The number of rotatable bonds is 5. The Balaban J connectivity index is 2.18. The first kappa shape index (κ1) is 11.2. The molecule has 4 heteroatoms. The maximum absolute atomic E-state index is 5.73. The van der Waals surface area contributed by atoms with Gasteiger partial charge in [0, 0.05) is 19.0 Å². The first-order valence-corrected chi connectivity index (χ1v) is 5.96. The summed E-state index contributed by atoms with van der Waals surface area (Å²) in [5.74, 6) is 3.00. The monoisotopic (exact) mass is 221 g/mol. The van der Waals surface area contributed by atoms with Gasteiger partial charge in [-0.25, -0.2) is 4.98 Å². The Bertz CT molecular complexity index is 363. The van der Waals surface area contributed by atoms with E-state index in [4.69, 9.17) is 4.74 Å². The van der Waals surface area contributed by atoms with E-state index >= 15 is 0 Å². The summed E-state index contributed by atoms with van der Waals surface area (Å²) in [7, 11) is 1.87. The van der Waals surface area contributed by atoms with Crippen molar-refractivity contribution in [2.45, 2.75) is 45.1 Å². The molecular formula is C12H19N3O. The maximum atomic E-state index is 5.73. The molecule has 1 aliphatic rings. The molecule has 0 saturated heterocycles. The van der Waals surface area contributed by atoms with Crippen LogP contribution in [0.1, 0.15) is 44.9 Å². The fourth-order valence-corrected chi connectivity index (χ4v) is 1.44. The van der Waals surface area contributed by atoms with Gasteiger partial charge in [-0.15, -0.1) is 0 Å². The van der Waals surface area contributed by atoms with Gasteiger partial charge >= 0.3 is 0 Å². The molecule has 1 saturated carbocycles. The van der Waals surface area contributed by atoms with Crippen molar-refractivity contribution in [3.8, 4) is 5.88 Å². The van der Waals surface area contributed by atoms with Gasteiger partial charge in [-0.05, 0) is 26.2 Å². The number of anilines is 1. The van der Waals surface area contributed by atoms with Crippen molar-refractivity contribution in [1.82, 2.24) is 9.97 Å². The van der Waals surface area contributed by atoms with Gasteiger partial charge < -0.3 is 10.1 Å². The van der Waals surface area contributed by atoms with Crippen LogP contribution in [0.2, 0.25) is 0 Å². The van der Waals surface area contributed by atoms with E-state index in [1.165, 1.54) is 12.8 Å². The Hall–Kier alpha value is -1.32. The highest BCUT2D eigenvalue weighted by Gasteiger charge is 2.27. The Morgan fingerprint density at radius 2 is 2.25 bits per heavy atom. The molecule has 1 aromatic heterocycles. The molecule has 1 N–H and O–H groups in total. The van der Waals surface area contributed by atoms with Gasteiger partial charge in [0.15, 0.2) is 0 Å². The van der Waals surface area contributed by atoms with E-state index in [0.717, 1.165) is 18.1 Å². The van der Waals surface area contributed by atoms with Crippen LogP contribution < -0.4 is 10.1 Å². The lowest BCUT2D eigenvalue weighted by Crippen LogP contribution is -2.12. The van der Waals surface area contributed by atoms with Crippen LogP contribution >= 0.6 is 0 Å². The predicted octanol–water partition coefficient (Wildman–Crippen LogP) is 2.57. The third-order valence-electron chi connectivity index (χ3n) is 2.82. The molecule has 88 valence electrons. The molecule has 1 fully saturated rings. The van der Waals surface area contributed by atoms with Crippen molar-refractivity contribution in [2.75, 3.05) is 12.4 Å². The Kier molecular flexibility index (Phi) is 3.27. The van der Waals surface area contributed by atoms with Gasteiger partial charge in [0.25, 0.3) is 0 Å². The van der Waals surface area contributed by atoms with Gasteiger partial charge in [-0.2, -0.15) is 4.98 Å². The van der Waals surface area contributed by atoms with Gasteiger partial charge in [-0.1, -0.05) is 6.92 Å². The van der Waals surface area contributed by atoms with Crippen LogP contribution in [0.25, 0.3) is 0 Å². The second-order valence-corrected chi connectivity index (χ2v) is 4.31. The van der Waals surface area contributed by atoms with E-state index in [2.05, 4.69) is 29.1 Å². The van der Waals surface area contributed by atoms with E-state index in [1.807, 2.05) is 13.1 Å². The van der Waals surface area contributed by atoms with Crippen LogP contribution in [0.4, 0.5) is 5.82 Å². The summed E-state index contributed by atoms with van der Waals surface area (Å²) < 4.78 is 5.73. The van der Waals surface area contributed by atoms with Crippen LogP contribution in [0.3, 0.4) is 0 Å². The molecule has 0 aromatic carbocycles. The lowest BCUT2D eigenvalue weighted by atomic mass is 10.3. The highest BCUT2D eigenvalue weighted by molar-refractivity contribution is 5.38. The molecule has 0 aliphatic heterocycles. The zero-order valence-electron chi connectivity index (χ0n) is 10.2. The second-order valence-electron chi connectivity index (χ2n) is 4.31. The first-order chi connectivity index (χ1) is 7.72. The minimum absolute atomic E-state index is 0.201. The Labute approximate surface area is 96.4 Å². The SMILES string of the molecule is CCC(C)Oc1cc(NC)nc(C2CC2)n1. The van der Waals surface area contributed by atoms with E-state index < -0.39 is 0 Å². The molecule has 0 bridgehead atoms. The largest absolute Gasteiger partial charge is 0.475 e. The van der Waals surface area contributed by atoms with Crippen LogP contribution in [0.15, 0.2) is 6.07 Å². The fourth-order valence-electron chi connectivity index (χ4n) is 1.44. The van der Waals surface area contributed by atoms with Crippen molar-refractivity contribution in [1.29, 1.82) is 0 Å². The number of hydrogen-bond acceptors (Lipinski definition) is 4. The molecule has 16 heavy (non-hydrogen) atoms. The summed E-state index contributed by atoms with van der Waals surface area (Å²) >= 11 is 0. The van der Waals surface area contributed by atoms with E-state index in [0.29, 0.717) is 11.8 Å². The summed E-state index contributed by atoms with van der Waals surface area (Å²) in [6.45, 7) is 4.16. The Morgan fingerprint density at radius 1 is 1.50 bits per heavy atom. The summed E-state index contributed by atoms with van der Waals surface area (Å²) in [4.78, 5) is 8.90. The van der Waals surface area contributed by atoms with Crippen LogP contribution in [0, 0.1) is 0 Å². The number of nitrogens with one attached hydrogen (secondary N) is 1. The topological polar surface area (TPSA) is 47.0 Å². The third-order valence-corrected chi connectivity index (χ3v) is 2.82. The highest BCUT2D eigenvalue weighted by atomic mass is 16.5. The van der Waals surface area contributed by atoms with Gasteiger partial charge in [0.05, 0.1) is 6.10 Å². The normalized spacial score (nSPS) is 16.9. The van der Waals surface area contributed by atoms with Crippen molar-refractivity contribution < 1.29 is 4.74 Å². The molecule has 1 heterocycles. The number of ether oxygens (including phenoxy) is 1. The average molecular weight is 221 g/mol. The first-order valence-electron chi connectivity index (χ1n) is 5.96. The van der Waals surface area contributed by atoms with Crippen molar-refractivity contribution in [3.63, 3.8) is 0 Å². The minimum Gasteiger partial charge on any atom is -0.475 e. The summed E-state index contributed by atoms with van der Waals surface area (Å²) in [5.41, 5.74) is 0. The summed E-state index contributed by atoms with van der Waals surface area (Å²) in [6.07, 6.45) is 3.59. The van der Waals surface area contributed by atoms with Crippen molar-refractivity contribution in [3.05, 3.63) is 11.9 Å². The maximum Gasteiger partial charge on any atom is 0.218 e. The van der Waals surface area contributed by atoms with Crippen LogP contribution in [0.5, 0.6) is 5.88 Å². The zero-order valence-corrected chi connectivity index (χ0v) is 10.2. The van der Waals surface area contributed by atoms with Crippen molar-refractivity contribution >= 4 is 5.82 Å². The van der Waals surface area contributed by atoms with Crippen LogP contribution in [-0.4, -0.2) is 23.1 Å². The molecule has 0 spiro atoms. The summed E-state index contributed by atoms with van der Waals surface area (Å²) in [6, 6.07) is 1.86. The molecule has 0 radical (unpaired) electrons. The second kappa shape index (κ2) is 4.68. The average Bonchev–Trinajstić information content (AvgIpc) is 3.12. The number of nitrogens with zero attached hydrogens (tertiary/aromatic N) is 2. The molecular weight excluding hydrogens is 202 g/mol. The minimum atomic E-state index is 0.201. The smallest absolute Gasteiger partial charge is 0.218 e. The molecule has 0 amide bonds.